The van der Waals surface area contributed by atoms with Gasteiger partial charge in [-0.25, -0.2) is 13.1 Å². The molecule has 0 fully saturated rings. The molecule has 2 aromatic carbocycles. The van der Waals surface area contributed by atoms with Crippen LogP contribution in [0.25, 0.3) is 0 Å². The molecule has 124 valence electrons. The van der Waals surface area contributed by atoms with Crippen molar-refractivity contribution in [2.75, 3.05) is 14.2 Å². The molecule has 0 amide bonds. The van der Waals surface area contributed by atoms with E-state index in [1.807, 2.05) is 25.1 Å². The lowest BCUT2D eigenvalue weighted by Crippen LogP contribution is -2.27. The molecular weight excluding hydrogens is 314 g/mol. The first-order valence-electron chi connectivity index (χ1n) is 7.19. The molecule has 0 unspecified atom stereocenters. The molecule has 0 saturated carbocycles. The summed E-state index contributed by atoms with van der Waals surface area (Å²) in [5, 5.41) is 0. The van der Waals surface area contributed by atoms with Gasteiger partial charge in [0, 0.05) is 11.6 Å². The van der Waals surface area contributed by atoms with Crippen LogP contribution >= 0.6 is 0 Å². The van der Waals surface area contributed by atoms with Gasteiger partial charge in [-0.3, -0.25) is 0 Å². The molecule has 0 aromatic heterocycles. The summed E-state index contributed by atoms with van der Waals surface area (Å²) in [6.45, 7) is 3.59. The first kappa shape index (κ1) is 17.3. The summed E-state index contributed by atoms with van der Waals surface area (Å²) in [7, 11) is -0.525. The van der Waals surface area contributed by atoms with Crippen LogP contribution < -0.4 is 14.2 Å². The molecule has 6 heteroatoms. The largest absolute Gasteiger partial charge is 0.496 e. The number of benzene rings is 2. The van der Waals surface area contributed by atoms with Gasteiger partial charge in [-0.05, 0) is 43.7 Å². The van der Waals surface area contributed by atoms with Crippen molar-refractivity contribution in [3.8, 4) is 11.5 Å². The maximum absolute atomic E-state index is 12.6. The predicted octanol–water partition coefficient (Wildman–Crippen LogP) is 3.05. The Balaban J connectivity index is 2.29. The summed E-state index contributed by atoms with van der Waals surface area (Å²) >= 11 is 0. The number of methoxy groups -OCH3 is 2. The van der Waals surface area contributed by atoms with E-state index in [2.05, 4.69) is 4.72 Å². The lowest BCUT2D eigenvalue weighted by atomic mass is 10.1. The summed E-state index contributed by atoms with van der Waals surface area (Å²) in [5.41, 5.74) is 1.55. The van der Waals surface area contributed by atoms with Crippen LogP contribution in [0, 0.1) is 6.92 Å². The van der Waals surface area contributed by atoms with E-state index in [4.69, 9.17) is 9.47 Å². The summed E-state index contributed by atoms with van der Waals surface area (Å²) < 4.78 is 38.3. The van der Waals surface area contributed by atoms with Gasteiger partial charge < -0.3 is 9.47 Å². The zero-order valence-electron chi connectivity index (χ0n) is 13.7. The topological polar surface area (TPSA) is 64.6 Å². The third-order valence-corrected chi connectivity index (χ3v) is 5.15. The quantitative estimate of drug-likeness (QED) is 0.881. The van der Waals surface area contributed by atoms with E-state index in [9.17, 15) is 8.42 Å². The number of para-hydroxylation sites is 1. The molecule has 1 N–H and O–H groups in total. The second-order valence-corrected chi connectivity index (χ2v) is 6.93. The number of rotatable bonds is 6. The fraction of sp³-hybridized carbons (Fsp3) is 0.294. The molecule has 0 aliphatic rings. The Bertz CT molecular complexity index is 787. The Hall–Kier alpha value is -2.05. The number of aryl methyl sites for hydroxylation is 1. The SMILES string of the molecule is COc1ccc(S(=O)(=O)N[C@@H](C)c2ccccc2OC)cc1C. The molecule has 0 heterocycles. The van der Waals surface area contributed by atoms with Gasteiger partial charge in [0.25, 0.3) is 0 Å². The minimum absolute atomic E-state index is 0.206. The van der Waals surface area contributed by atoms with Crippen LogP contribution in [0.2, 0.25) is 0 Å². The van der Waals surface area contributed by atoms with E-state index in [0.29, 0.717) is 11.5 Å². The monoisotopic (exact) mass is 335 g/mol. The fourth-order valence-corrected chi connectivity index (χ4v) is 3.71. The van der Waals surface area contributed by atoms with Crippen LogP contribution in [0.4, 0.5) is 0 Å². The van der Waals surface area contributed by atoms with Gasteiger partial charge in [-0.15, -0.1) is 0 Å². The van der Waals surface area contributed by atoms with E-state index in [-0.39, 0.29) is 4.90 Å². The van der Waals surface area contributed by atoms with Crippen molar-refractivity contribution in [3.63, 3.8) is 0 Å². The van der Waals surface area contributed by atoms with Crippen LogP contribution in [0.5, 0.6) is 11.5 Å². The van der Waals surface area contributed by atoms with Gasteiger partial charge in [0.1, 0.15) is 11.5 Å². The number of hydrogen-bond donors (Lipinski definition) is 1. The Morgan fingerprint density at radius 3 is 2.26 bits per heavy atom. The van der Waals surface area contributed by atoms with Gasteiger partial charge in [-0.2, -0.15) is 0 Å². The lowest BCUT2D eigenvalue weighted by molar-refractivity contribution is 0.405. The van der Waals surface area contributed by atoms with Gasteiger partial charge in [0.05, 0.1) is 19.1 Å². The molecule has 0 radical (unpaired) electrons. The van der Waals surface area contributed by atoms with Crippen LogP contribution in [0.1, 0.15) is 24.1 Å². The number of nitrogens with one attached hydrogen (secondary N) is 1. The molecule has 0 saturated heterocycles. The molecule has 2 rings (SSSR count). The molecule has 1 atom stereocenters. The molecule has 2 aromatic rings. The average molecular weight is 335 g/mol. The first-order valence-corrected chi connectivity index (χ1v) is 8.67. The standard InChI is InChI=1S/C17H21NO4S/c1-12-11-14(9-10-16(12)21-3)23(19,20)18-13(2)15-7-5-6-8-17(15)22-4/h5-11,13,18H,1-4H3/t13-/m0/s1. The molecule has 5 nitrogen and oxygen atoms in total. The van der Waals surface area contributed by atoms with E-state index >= 15 is 0 Å². The van der Waals surface area contributed by atoms with E-state index in [1.54, 1.807) is 39.3 Å². The Labute approximate surface area is 137 Å². The van der Waals surface area contributed by atoms with Gasteiger partial charge in [0.2, 0.25) is 10.0 Å². The number of hydrogen-bond acceptors (Lipinski definition) is 4. The number of ether oxygens (including phenoxy) is 2. The highest BCUT2D eigenvalue weighted by atomic mass is 32.2. The van der Waals surface area contributed by atoms with Crippen molar-refractivity contribution >= 4 is 10.0 Å². The molecule has 23 heavy (non-hydrogen) atoms. The average Bonchev–Trinajstić information content (AvgIpc) is 2.54. The highest BCUT2D eigenvalue weighted by molar-refractivity contribution is 7.89. The van der Waals surface area contributed by atoms with Gasteiger partial charge in [-0.1, -0.05) is 18.2 Å². The number of sulfonamides is 1. The van der Waals surface area contributed by atoms with Crippen molar-refractivity contribution in [1.29, 1.82) is 0 Å². The van der Waals surface area contributed by atoms with Gasteiger partial charge in [0.15, 0.2) is 0 Å². The Morgan fingerprint density at radius 1 is 1.00 bits per heavy atom. The van der Waals surface area contributed by atoms with Gasteiger partial charge >= 0.3 is 0 Å². The zero-order valence-corrected chi connectivity index (χ0v) is 14.5. The third kappa shape index (κ3) is 3.83. The lowest BCUT2D eigenvalue weighted by Gasteiger charge is -2.17. The van der Waals surface area contributed by atoms with Crippen molar-refractivity contribution in [2.24, 2.45) is 0 Å². The molecule has 0 bridgehead atoms. The molecule has 0 aliphatic heterocycles. The van der Waals surface area contributed by atoms with E-state index in [0.717, 1.165) is 11.1 Å². The van der Waals surface area contributed by atoms with Crippen molar-refractivity contribution in [2.45, 2.75) is 24.8 Å². The van der Waals surface area contributed by atoms with E-state index < -0.39 is 16.1 Å². The Kier molecular flexibility index (Phi) is 5.28. The van der Waals surface area contributed by atoms with Crippen LogP contribution in [-0.4, -0.2) is 22.6 Å². The summed E-state index contributed by atoms with van der Waals surface area (Å²) in [4.78, 5) is 0.206. The van der Waals surface area contributed by atoms with Crippen molar-refractivity contribution in [3.05, 3.63) is 53.6 Å². The van der Waals surface area contributed by atoms with Crippen LogP contribution in [-0.2, 0) is 10.0 Å². The normalized spacial score (nSPS) is 12.7. The highest BCUT2D eigenvalue weighted by Gasteiger charge is 2.21. The minimum atomic E-state index is -3.64. The molecular formula is C17H21NO4S. The summed E-state index contributed by atoms with van der Waals surface area (Å²) in [5.74, 6) is 1.30. The Morgan fingerprint density at radius 2 is 1.65 bits per heavy atom. The highest BCUT2D eigenvalue weighted by Crippen LogP contribution is 2.27. The van der Waals surface area contributed by atoms with Crippen molar-refractivity contribution < 1.29 is 17.9 Å². The van der Waals surface area contributed by atoms with Crippen LogP contribution in [0.15, 0.2) is 47.4 Å². The van der Waals surface area contributed by atoms with Crippen molar-refractivity contribution in [1.82, 2.24) is 4.72 Å². The fourth-order valence-electron chi connectivity index (χ4n) is 2.41. The summed E-state index contributed by atoms with van der Waals surface area (Å²) in [6, 6.07) is 11.7. The smallest absolute Gasteiger partial charge is 0.241 e. The predicted molar refractivity (Wildman–Crippen MR) is 89.5 cm³/mol. The zero-order chi connectivity index (χ0) is 17.0. The second kappa shape index (κ2) is 7.02. The third-order valence-electron chi connectivity index (χ3n) is 3.61. The first-order chi connectivity index (χ1) is 10.9. The second-order valence-electron chi connectivity index (χ2n) is 5.22. The minimum Gasteiger partial charge on any atom is -0.496 e. The molecule has 0 aliphatic carbocycles. The van der Waals surface area contributed by atoms with Crippen LogP contribution in [0.3, 0.4) is 0 Å². The maximum Gasteiger partial charge on any atom is 0.241 e. The molecule has 0 spiro atoms. The maximum atomic E-state index is 12.6. The summed E-state index contributed by atoms with van der Waals surface area (Å²) in [6.07, 6.45) is 0. The van der Waals surface area contributed by atoms with E-state index in [1.165, 1.54) is 6.07 Å².